The molecule has 2 amide bonds. The van der Waals surface area contributed by atoms with Crippen molar-refractivity contribution < 1.29 is 9.53 Å². The van der Waals surface area contributed by atoms with Gasteiger partial charge in [-0.05, 0) is 36.9 Å². The number of carbonyl (C=O) groups excluding carboxylic acids is 1. The van der Waals surface area contributed by atoms with Crippen molar-refractivity contribution in [3.8, 4) is 0 Å². The second-order valence-corrected chi connectivity index (χ2v) is 4.34. The summed E-state index contributed by atoms with van der Waals surface area (Å²) in [6.45, 7) is 1.27. The van der Waals surface area contributed by atoms with Crippen molar-refractivity contribution in [1.29, 1.82) is 0 Å². The number of urea groups is 1. The quantitative estimate of drug-likeness (QED) is 0.606. The van der Waals surface area contributed by atoms with Crippen LogP contribution < -0.4 is 10.6 Å². The molecule has 0 aliphatic rings. The summed E-state index contributed by atoms with van der Waals surface area (Å²) >= 11 is 1.67. The van der Waals surface area contributed by atoms with Crippen LogP contribution in [0.15, 0.2) is 29.2 Å². The summed E-state index contributed by atoms with van der Waals surface area (Å²) in [7, 11) is 1.65. The van der Waals surface area contributed by atoms with Crippen molar-refractivity contribution in [1.82, 2.24) is 5.32 Å². The Kier molecular flexibility index (Phi) is 6.50. The van der Waals surface area contributed by atoms with Crippen LogP contribution in [0.1, 0.15) is 6.42 Å². The molecule has 1 aromatic carbocycles. The normalized spacial score (nSPS) is 10.0. The molecule has 0 atom stereocenters. The van der Waals surface area contributed by atoms with Crippen molar-refractivity contribution in [3.05, 3.63) is 24.3 Å². The van der Waals surface area contributed by atoms with Crippen molar-refractivity contribution in [2.45, 2.75) is 11.3 Å². The molecule has 0 aliphatic heterocycles. The average molecular weight is 254 g/mol. The molecule has 0 bridgehead atoms. The Morgan fingerprint density at radius 1 is 1.35 bits per heavy atom. The van der Waals surface area contributed by atoms with Crippen LogP contribution in [0.2, 0.25) is 0 Å². The Morgan fingerprint density at radius 2 is 2.06 bits per heavy atom. The third-order valence-corrected chi connectivity index (χ3v) is 2.90. The molecule has 0 aromatic heterocycles. The molecule has 0 saturated heterocycles. The van der Waals surface area contributed by atoms with Crippen LogP contribution in [0.25, 0.3) is 0 Å². The van der Waals surface area contributed by atoms with Gasteiger partial charge in [0, 0.05) is 30.8 Å². The summed E-state index contributed by atoms with van der Waals surface area (Å²) in [4.78, 5) is 12.6. The molecule has 0 saturated carbocycles. The maximum absolute atomic E-state index is 11.5. The molecule has 2 N–H and O–H groups in total. The number of carbonyl (C=O) groups is 1. The van der Waals surface area contributed by atoms with Gasteiger partial charge in [0.25, 0.3) is 0 Å². The van der Waals surface area contributed by atoms with Gasteiger partial charge >= 0.3 is 6.03 Å². The SMILES string of the molecule is COCCCNC(=O)Nc1ccc(SC)cc1. The molecule has 94 valence electrons. The van der Waals surface area contributed by atoms with Gasteiger partial charge in [0.05, 0.1) is 0 Å². The van der Waals surface area contributed by atoms with E-state index in [1.165, 1.54) is 4.90 Å². The summed E-state index contributed by atoms with van der Waals surface area (Å²) in [5, 5.41) is 5.53. The minimum atomic E-state index is -0.182. The highest BCUT2D eigenvalue weighted by molar-refractivity contribution is 7.98. The van der Waals surface area contributed by atoms with E-state index in [0.29, 0.717) is 13.2 Å². The van der Waals surface area contributed by atoms with Gasteiger partial charge in [0.15, 0.2) is 0 Å². The summed E-state index contributed by atoms with van der Waals surface area (Å²) in [6.07, 6.45) is 2.83. The Morgan fingerprint density at radius 3 is 2.65 bits per heavy atom. The lowest BCUT2D eigenvalue weighted by Gasteiger charge is -2.07. The Bertz CT molecular complexity index is 341. The highest BCUT2D eigenvalue weighted by atomic mass is 32.2. The fourth-order valence-electron chi connectivity index (χ4n) is 1.27. The number of rotatable bonds is 6. The predicted molar refractivity (Wildman–Crippen MR) is 71.7 cm³/mol. The van der Waals surface area contributed by atoms with Gasteiger partial charge in [-0.3, -0.25) is 0 Å². The Hall–Kier alpha value is -1.20. The number of hydrogen-bond acceptors (Lipinski definition) is 3. The van der Waals surface area contributed by atoms with Gasteiger partial charge in [-0.2, -0.15) is 0 Å². The third kappa shape index (κ3) is 5.60. The number of thioether (sulfide) groups is 1. The molecule has 17 heavy (non-hydrogen) atoms. The highest BCUT2D eigenvalue weighted by Gasteiger charge is 2.00. The second kappa shape index (κ2) is 7.97. The second-order valence-electron chi connectivity index (χ2n) is 3.46. The van der Waals surface area contributed by atoms with Gasteiger partial charge in [0.1, 0.15) is 0 Å². The number of methoxy groups -OCH3 is 1. The molecular formula is C12H18N2O2S. The zero-order valence-electron chi connectivity index (χ0n) is 10.2. The zero-order valence-corrected chi connectivity index (χ0v) is 11.0. The lowest BCUT2D eigenvalue weighted by Crippen LogP contribution is -2.29. The third-order valence-electron chi connectivity index (χ3n) is 2.16. The maximum Gasteiger partial charge on any atom is 0.319 e. The zero-order chi connectivity index (χ0) is 12.5. The lowest BCUT2D eigenvalue weighted by atomic mass is 10.3. The Labute approximate surface area is 106 Å². The topological polar surface area (TPSA) is 50.4 Å². The first kappa shape index (κ1) is 13.9. The standard InChI is InChI=1S/C12H18N2O2S/c1-16-9-3-8-13-12(15)14-10-4-6-11(17-2)7-5-10/h4-7H,3,8-9H2,1-2H3,(H2,13,14,15). The van der Waals surface area contributed by atoms with Gasteiger partial charge < -0.3 is 15.4 Å². The van der Waals surface area contributed by atoms with E-state index in [4.69, 9.17) is 4.74 Å². The van der Waals surface area contributed by atoms with Gasteiger partial charge in [-0.25, -0.2) is 4.79 Å². The summed E-state index contributed by atoms with van der Waals surface area (Å²) in [5.74, 6) is 0. The van der Waals surface area contributed by atoms with E-state index in [1.54, 1.807) is 18.9 Å². The fourth-order valence-corrected chi connectivity index (χ4v) is 1.68. The fraction of sp³-hybridized carbons (Fsp3) is 0.417. The molecule has 0 heterocycles. The van der Waals surface area contributed by atoms with Crippen molar-refractivity contribution in [2.75, 3.05) is 31.8 Å². The molecule has 0 radical (unpaired) electrons. The smallest absolute Gasteiger partial charge is 0.319 e. The van der Waals surface area contributed by atoms with Gasteiger partial charge in [0.2, 0.25) is 0 Å². The van der Waals surface area contributed by atoms with E-state index in [1.807, 2.05) is 30.5 Å². The number of benzene rings is 1. The summed E-state index contributed by atoms with van der Waals surface area (Å²) in [5.41, 5.74) is 0.798. The average Bonchev–Trinajstić information content (AvgIpc) is 2.36. The molecule has 0 spiro atoms. The highest BCUT2D eigenvalue weighted by Crippen LogP contribution is 2.17. The van der Waals surface area contributed by atoms with Crippen molar-refractivity contribution >= 4 is 23.5 Å². The number of anilines is 1. The van der Waals surface area contributed by atoms with Crippen LogP contribution in [-0.4, -0.2) is 32.5 Å². The van der Waals surface area contributed by atoms with Gasteiger partial charge in [-0.15, -0.1) is 11.8 Å². The van der Waals surface area contributed by atoms with E-state index in [2.05, 4.69) is 10.6 Å². The molecule has 0 fully saturated rings. The summed E-state index contributed by atoms with van der Waals surface area (Å²) < 4.78 is 4.89. The van der Waals surface area contributed by atoms with Crippen LogP contribution in [0.3, 0.4) is 0 Å². The van der Waals surface area contributed by atoms with Crippen LogP contribution in [-0.2, 0) is 4.74 Å². The van der Waals surface area contributed by atoms with E-state index >= 15 is 0 Å². The first-order chi connectivity index (χ1) is 8.26. The molecule has 5 heteroatoms. The molecular weight excluding hydrogens is 236 g/mol. The van der Waals surface area contributed by atoms with Crippen LogP contribution >= 0.6 is 11.8 Å². The minimum Gasteiger partial charge on any atom is -0.385 e. The molecule has 4 nitrogen and oxygen atoms in total. The largest absolute Gasteiger partial charge is 0.385 e. The lowest BCUT2D eigenvalue weighted by molar-refractivity contribution is 0.194. The molecule has 1 aromatic rings. The van der Waals surface area contributed by atoms with Crippen LogP contribution in [0, 0.1) is 0 Å². The van der Waals surface area contributed by atoms with E-state index in [0.717, 1.165) is 12.1 Å². The monoisotopic (exact) mass is 254 g/mol. The first-order valence-electron chi connectivity index (χ1n) is 5.44. The van der Waals surface area contributed by atoms with Crippen LogP contribution in [0.5, 0.6) is 0 Å². The molecule has 1 rings (SSSR count). The van der Waals surface area contributed by atoms with Crippen LogP contribution in [0.4, 0.5) is 10.5 Å². The maximum atomic E-state index is 11.5. The number of amides is 2. The van der Waals surface area contributed by atoms with Gasteiger partial charge in [-0.1, -0.05) is 0 Å². The van der Waals surface area contributed by atoms with E-state index < -0.39 is 0 Å². The number of nitrogens with one attached hydrogen (secondary N) is 2. The number of ether oxygens (including phenoxy) is 1. The summed E-state index contributed by atoms with van der Waals surface area (Å²) in [6, 6.07) is 7.55. The van der Waals surface area contributed by atoms with E-state index in [9.17, 15) is 4.79 Å². The molecule has 0 unspecified atom stereocenters. The molecule has 0 aliphatic carbocycles. The van der Waals surface area contributed by atoms with Crippen molar-refractivity contribution in [2.24, 2.45) is 0 Å². The predicted octanol–water partition coefficient (Wildman–Crippen LogP) is 2.57. The minimum absolute atomic E-state index is 0.182. The van der Waals surface area contributed by atoms with Crippen molar-refractivity contribution in [3.63, 3.8) is 0 Å². The van der Waals surface area contributed by atoms with E-state index in [-0.39, 0.29) is 6.03 Å². The number of hydrogen-bond donors (Lipinski definition) is 2. The first-order valence-corrected chi connectivity index (χ1v) is 6.66. The Balaban J connectivity index is 2.29.